The Balaban J connectivity index is 1.87. The topological polar surface area (TPSA) is 79.0 Å². The fourth-order valence-electron chi connectivity index (χ4n) is 2.89. The third kappa shape index (κ3) is 6.32. The van der Waals surface area contributed by atoms with Gasteiger partial charge in [-0.1, -0.05) is 42.1 Å². The van der Waals surface area contributed by atoms with E-state index in [-0.39, 0.29) is 18.1 Å². The molecule has 3 aromatic rings. The van der Waals surface area contributed by atoms with Crippen LogP contribution in [-0.4, -0.2) is 30.9 Å². The fourth-order valence-corrected chi connectivity index (χ4v) is 3.81. The number of aromatic nitrogens is 4. The maximum atomic E-state index is 12.6. The lowest BCUT2D eigenvalue weighted by Crippen LogP contribution is -2.28. The van der Waals surface area contributed by atoms with Crippen LogP contribution >= 0.6 is 11.8 Å². The highest BCUT2D eigenvalue weighted by molar-refractivity contribution is 7.98. The van der Waals surface area contributed by atoms with Gasteiger partial charge in [0.05, 0.1) is 6.20 Å². The van der Waals surface area contributed by atoms with Gasteiger partial charge in [-0.25, -0.2) is 0 Å². The summed E-state index contributed by atoms with van der Waals surface area (Å²) >= 11 is 1.42. The van der Waals surface area contributed by atoms with Gasteiger partial charge in [-0.15, -0.1) is 0 Å². The van der Waals surface area contributed by atoms with Crippen molar-refractivity contribution in [2.75, 3.05) is 0 Å². The molecule has 2 aromatic heterocycles. The Labute approximate surface area is 180 Å². The molecule has 0 fully saturated rings. The van der Waals surface area contributed by atoms with E-state index in [1.807, 2.05) is 64.3 Å². The first-order valence-corrected chi connectivity index (χ1v) is 10.6. The molecule has 1 aromatic carbocycles. The Kier molecular flexibility index (Phi) is 6.77. The Morgan fingerprint density at radius 3 is 2.50 bits per heavy atom. The van der Waals surface area contributed by atoms with Crippen LogP contribution in [0.15, 0.2) is 58.9 Å². The minimum Gasteiger partial charge on any atom is -0.459 e. The van der Waals surface area contributed by atoms with Crippen LogP contribution in [0, 0.1) is 0 Å². The zero-order valence-corrected chi connectivity index (χ0v) is 18.5. The summed E-state index contributed by atoms with van der Waals surface area (Å²) in [5, 5.41) is 4.63. The van der Waals surface area contributed by atoms with Gasteiger partial charge in [-0.3, -0.25) is 14.3 Å². The number of esters is 1. The van der Waals surface area contributed by atoms with Crippen molar-refractivity contribution in [2.45, 2.75) is 50.2 Å². The molecule has 0 unspecified atom stereocenters. The van der Waals surface area contributed by atoms with Crippen LogP contribution in [0.5, 0.6) is 0 Å². The minimum absolute atomic E-state index is 0.0122. The number of rotatable bonds is 7. The standard InChI is InChI=1S/C22H26N4O3S/c1-22(2,3)29-19(27)14-26-13-18(10-17-11-23-25(4)12-17)20(28)24-21(26)30-15-16-8-6-5-7-9-16/h5-9,11-13H,10,14-15H2,1-4H3. The highest BCUT2D eigenvalue weighted by atomic mass is 32.2. The van der Waals surface area contributed by atoms with E-state index in [2.05, 4.69) is 10.1 Å². The third-order valence-electron chi connectivity index (χ3n) is 4.11. The summed E-state index contributed by atoms with van der Waals surface area (Å²) in [5.41, 5.74) is 1.65. The Hall–Kier alpha value is -2.87. The van der Waals surface area contributed by atoms with Gasteiger partial charge in [-0.2, -0.15) is 10.1 Å². The summed E-state index contributed by atoms with van der Waals surface area (Å²) in [7, 11) is 1.83. The average Bonchev–Trinajstić information content (AvgIpc) is 3.07. The van der Waals surface area contributed by atoms with Crippen LogP contribution in [-0.2, 0) is 35.3 Å². The van der Waals surface area contributed by atoms with Crippen LogP contribution in [0.1, 0.15) is 37.5 Å². The van der Waals surface area contributed by atoms with Crippen molar-refractivity contribution in [3.63, 3.8) is 0 Å². The molecule has 158 valence electrons. The van der Waals surface area contributed by atoms with Crippen LogP contribution in [0.2, 0.25) is 0 Å². The van der Waals surface area contributed by atoms with Crippen molar-refractivity contribution >= 4 is 17.7 Å². The molecule has 0 radical (unpaired) electrons. The summed E-state index contributed by atoms with van der Waals surface area (Å²) in [6.07, 6.45) is 5.68. The molecule has 0 aliphatic rings. The Bertz CT molecular complexity index is 1070. The number of aryl methyl sites for hydroxylation is 1. The smallest absolute Gasteiger partial charge is 0.326 e. The van der Waals surface area contributed by atoms with Crippen LogP contribution in [0.3, 0.4) is 0 Å². The second kappa shape index (κ2) is 9.30. The first-order valence-electron chi connectivity index (χ1n) is 9.66. The van der Waals surface area contributed by atoms with Gasteiger partial charge >= 0.3 is 5.97 Å². The first-order chi connectivity index (χ1) is 14.2. The third-order valence-corrected chi connectivity index (χ3v) is 5.17. The number of ether oxygens (including phenoxy) is 1. The number of thioether (sulfide) groups is 1. The lowest BCUT2D eigenvalue weighted by molar-refractivity contribution is -0.155. The van der Waals surface area contributed by atoms with Gasteiger partial charge in [0.25, 0.3) is 5.56 Å². The largest absolute Gasteiger partial charge is 0.459 e. The summed E-state index contributed by atoms with van der Waals surface area (Å²) in [5.74, 6) is 0.269. The van der Waals surface area contributed by atoms with E-state index in [0.717, 1.165) is 11.1 Å². The lowest BCUT2D eigenvalue weighted by Gasteiger charge is -2.21. The van der Waals surface area contributed by atoms with Gasteiger partial charge in [-0.05, 0) is 31.9 Å². The molecular formula is C22H26N4O3S. The van der Waals surface area contributed by atoms with Gasteiger partial charge in [0.2, 0.25) is 0 Å². The molecule has 3 rings (SSSR count). The van der Waals surface area contributed by atoms with Crippen molar-refractivity contribution in [1.29, 1.82) is 0 Å². The molecule has 0 bridgehead atoms. The van der Waals surface area contributed by atoms with Crippen molar-refractivity contribution in [3.8, 4) is 0 Å². The van der Waals surface area contributed by atoms with Crippen LogP contribution < -0.4 is 5.56 Å². The zero-order chi connectivity index (χ0) is 21.7. The molecular weight excluding hydrogens is 400 g/mol. The van der Waals surface area contributed by atoms with Crippen molar-refractivity contribution in [1.82, 2.24) is 19.3 Å². The number of carbonyl (C=O) groups excluding carboxylic acids is 1. The van der Waals surface area contributed by atoms with Gasteiger partial charge in [0.15, 0.2) is 5.16 Å². The molecule has 8 heteroatoms. The molecule has 30 heavy (non-hydrogen) atoms. The maximum absolute atomic E-state index is 12.6. The second-order valence-corrected chi connectivity index (χ2v) is 8.98. The quantitative estimate of drug-likeness (QED) is 0.328. The molecule has 0 atom stereocenters. The van der Waals surface area contributed by atoms with Crippen molar-refractivity contribution < 1.29 is 9.53 Å². The number of hydrogen-bond acceptors (Lipinski definition) is 6. The van der Waals surface area contributed by atoms with E-state index in [4.69, 9.17) is 4.74 Å². The van der Waals surface area contributed by atoms with E-state index in [9.17, 15) is 9.59 Å². The van der Waals surface area contributed by atoms with Crippen molar-refractivity contribution in [2.24, 2.45) is 7.05 Å². The molecule has 0 saturated heterocycles. The van der Waals surface area contributed by atoms with E-state index >= 15 is 0 Å². The summed E-state index contributed by atoms with van der Waals surface area (Å²) < 4.78 is 8.85. The van der Waals surface area contributed by atoms with Gasteiger partial charge in [0, 0.05) is 37.2 Å². The highest BCUT2D eigenvalue weighted by Crippen LogP contribution is 2.21. The number of carbonyl (C=O) groups is 1. The predicted molar refractivity (Wildman–Crippen MR) is 116 cm³/mol. The molecule has 2 heterocycles. The fraction of sp³-hybridized carbons (Fsp3) is 0.364. The lowest BCUT2D eigenvalue weighted by atomic mass is 10.1. The zero-order valence-electron chi connectivity index (χ0n) is 17.7. The van der Waals surface area contributed by atoms with Crippen molar-refractivity contribution in [3.05, 3.63) is 76.0 Å². The summed E-state index contributed by atoms with van der Waals surface area (Å²) in [6.45, 7) is 5.47. The molecule has 0 aliphatic heterocycles. The van der Waals surface area contributed by atoms with Gasteiger partial charge < -0.3 is 9.30 Å². The minimum atomic E-state index is -0.584. The molecule has 0 amide bonds. The van der Waals surface area contributed by atoms with Gasteiger partial charge in [0.1, 0.15) is 12.1 Å². The number of hydrogen-bond donors (Lipinski definition) is 0. The molecule has 7 nitrogen and oxygen atoms in total. The Morgan fingerprint density at radius 2 is 1.87 bits per heavy atom. The molecule has 0 aliphatic carbocycles. The monoisotopic (exact) mass is 426 g/mol. The maximum Gasteiger partial charge on any atom is 0.326 e. The van der Waals surface area contributed by atoms with E-state index < -0.39 is 5.60 Å². The van der Waals surface area contributed by atoms with E-state index in [1.54, 1.807) is 21.6 Å². The average molecular weight is 427 g/mol. The summed E-state index contributed by atoms with van der Waals surface area (Å²) in [4.78, 5) is 29.4. The number of nitrogens with zero attached hydrogens (tertiary/aromatic N) is 4. The SMILES string of the molecule is Cn1cc(Cc2cn(CC(=O)OC(C)(C)C)c(SCc3ccccc3)nc2=O)cn1. The summed E-state index contributed by atoms with van der Waals surface area (Å²) in [6, 6.07) is 9.92. The van der Waals surface area contributed by atoms with E-state index in [1.165, 1.54) is 11.8 Å². The molecule has 0 saturated carbocycles. The second-order valence-electron chi connectivity index (χ2n) is 8.04. The molecule has 0 N–H and O–H groups in total. The normalized spacial score (nSPS) is 11.5. The first kappa shape index (κ1) is 21.8. The molecule has 0 spiro atoms. The predicted octanol–water partition coefficient (Wildman–Crippen LogP) is 3.20. The van der Waals surface area contributed by atoms with E-state index in [0.29, 0.717) is 22.9 Å². The van der Waals surface area contributed by atoms with Crippen LogP contribution in [0.25, 0.3) is 0 Å². The Morgan fingerprint density at radius 1 is 1.13 bits per heavy atom. The number of benzene rings is 1. The highest BCUT2D eigenvalue weighted by Gasteiger charge is 2.19. The van der Waals surface area contributed by atoms with Crippen LogP contribution in [0.4, 0.5) is 0 Å².